The molecule has 8 heteroatoms. The van der Waals surface area contributed by atoms with Crippen LogP contribution in [0.3, 0.4) is 0 Å². The first-order chi connectivity index (χ1) is 17.0. The number of rotatable bonds is 5. The van der Waals surface area contributed by atoms with Gasteiger partial charge in [-0.2, -0.15) is 0 Å². The smallest absolute Gasteiger partial charge is 0.274 e. The number of aryl methyl sites for hydroxylation is 1. The van der Waals surface area contributed by atoms with Gasteiger partial charge in [0.2, 0.25) is 0 Å². The standard InChI is InChI=1S/C27H23FN4O2S/c1-15-31-24(25(35-15)17-6-4-7-19(28)11-17)27(34)32-20(12-18-13-22(18)32)14-30-26(33)23-21-8-3-2-5-16(21)9-10-29-23/h2-11,18,20,22H,12-14H2,1H3,(H,30,33)/t18?,20-,22?/m0/s1. The second kappa shape index (κ2) is 8.53. The van der Waals surface area contributed by atoms with Crippen molar-refractivity contribution in [3.8, 4) is 10.4 Å². The molecule has 0 spiro atoms. The van der Waals surface area contributed by atoms with Crippen molar-refractivity contribution in [1.82, 2.24) is 20.2 Å². The molecule has 2 amide bonds. The van der Waals surface area contributed by atoms with E-state index in [1.807, 2.05) is 42.2 Å². The summed E-state index contributed by atoms with van der Waals surface area (Å²) in [6.07, 6.45) is 3.45. The van der Waals surface area contributed by atoms with Crippen LogP contribution >= 0.6 is 11.3 Å². The van der Waals surface area contributed by atoms with Crippen molar-refractivity contribution < 1.29 is 14.0 Å². The lowest BCUT2D eigenvalue weighted by atomic mass is 10.1. The number of carbonyl (C=O) groups excluding carboxylic acids is 2. The van der Waals surface area contributed by atoms with Gasteiger partial charge in [-0.05, 0) is 54.8 Å². The minimum absolute atomic E-state index is 0.118. The zero-order valence-electron chi connectivity index (χ0n) is 19.1. The number of pyridine rings is 1. The number of carbonyl (C=O) groups is 2. The monoisotopic (exact) mass is 486 g/mol. The molecule has 2 aromatic heterocycles. The van der Waals surface area contributed by atoms with Gasteiger partial charge in [0, 0.05) is 24.2 Å². The average molecular weight is 487 g/mol. The normalized spacial score (nSPS) is 20.6. The number of fused-ring (bicyclic) bond motifs is 2. The van der Waals surface area contributed by atoms with Crippen LogP contribution in [-0.2, 0) is 0 Å². The van der Waals surface area contributed by atoms with Crippen molar-refractivity contribution in [3.63, 3.8) is 0 Å². The average Bonchev–Trinajstić information content (AvgIpc) is 3.35. The molecule has 1 aliphatic carbocycles. The van der Waals surface area contributed by atoms with Crippen LogP contribution in [0.15, 0.2) is 60.8 Å². The number of hydrogen-bond donors (Lipinski definition) is 1. The number of hydrogen-bond acceptors (Lipinski definition) is 5. The van der Waals surface area contributed by atoms with E-state index in [-0.39, 0.29) is 29.7 Å². The molecule has 0 bridgehead atoms. The molecular formula is C27H23FN4O2S. The van der Waals surface area contributed by atoms with Crippen LogP contribution in [-0.4, -0.2) is 45.3 Å². The van der Waals surface area contributed by atoms with Crippen LogP contribution in [0.4, 0.5) is 4.39 Å². The maximum Gasteiger partial charge on any atom is 0.274 e. The van der Waals surface area contributed by atoms with Gasteiger partial charge in [-0.3, -0.25) is 14.6 Å². The summed E-state index contributed by atoms with van der Waals surface area (Å²) >= 11 is 1.39. The lowest BCUT2D eigenvalue weighted by Crippen LogP contribution is -2.45. The topological polar surface area (TPSA) is 75.2 Å². The third-order valence-electron chi connectivity index (χ3n) is 6.86. The van der Waals surface area contributed by atoms with Gasteiger partial charge < -0.3 is 10.2 Å². The fourth-order valence-electron chi connectivity index (χ4n) is 5.17. The van der Waals surface area contributed by atoms with Crippen molar-refractivity contribution in [2.45, 2.75) is 31.8 Å². The summed E-state index contributed by atoms with van der Waals surface area (Å²) in [5, 5.41) is 5.51. The van der Waals surface area contributed by atoms with E-state index in [1.165, 1.54) is 23.5 Å². The first-order valence-corrected chi connectivity index (χ1v) is 12.5. The number of amides is 2. The Labute approximate surface area is 205 Å². The third kappa shape index (κ3) is 3.97. The first kappa shape index (κ1) is 21.9. The van der Waals surface area contributed by atoms with Gasteiger partial charge in [-0.25, -0.2) is 9.37 Å². The van der Waals surface area contributed by atoms with Crippen LogP contribution < -0.4 is 5.32 Å². The molecule has 6 rings (SSSR count). The van der Waals surface area contributed by atoms with Crippen LogP contribution in [0, 0.1) is 18.7 Å². The Kier molecular flexibility index (Phi) is 5.33. The first-order valence-electron chi connectivity index (χ1n) is 11.7. The van der Waals surface area contributed by atoms with E-state index < -0.39 is 0 Å². The Bertz CT molecular complexity index is 1460. The Morgan fingerprint density at radius 1 is 1.11 bits per heavy atom. The molecule has 2 aliphatic rings. The van der Waals surface area contributed by atoms with Gasteiger partial charge in [-0.15, -0.1) is 11.3 Å². The highest BCUT2D eigenvalue weighted by atomic mass is 32.1. The summed E-state index contributed by atoms with van der Waals surface area (Å²) in [6.45, 7) is 2.20. The van der Waals surface area contributed by atoms with Crippen LogP contribution in [0.5, 0.6) is 0 Å². The van der Waals surface area contributed by atoms with Crippen molar-refractivity contribution in [3.05, 3.63) is 83.0 Å². The third-order valence-corrected chi connectivity index (χ3v) is 7.88. The number of thiazole rings is 1. The van der Waals surface area contributed by atoms with Gasteiger partial charge >= 0.3 is 0 Å². The van der Waals surface area contributed by atoms with Gasteiger partial charge in [0.25, 0.3) is 11.8 Å². The second-order valence-corrected chi connectivity index (χ2v) is 10.4. The molecule has 2 unspecified atom stereocenters. The van der Waals surface area contributed by atoms with Gasteiger partial charge in [0.1, 0.15) is 17.2 Å². The molecular weight excluding hydrogens is 463 g/mol. The Morgan fingerprint density at radius 2 is 1.97 bits per heavy atom. The molecule has 2 fully saturated rings. The minimum Gasteiger partial charge on any atom is -0.349 e. The summed E-state index contributed by atoms with van der Waals surface area (Å²) in [7, 11) is 0. The molecule has 3 atom stereocenters. The van der Waals surface area contributed by atoms with Crippen molar-refractivity contribution >= 4 is 33.9 Å². The molecule has 6 nitrogen and oxygen atoms in total. The molecule has 176 valence electrons. The lowest BCUT2D eigenvalue weighted by molar-refractivity contribution is 0.0684. The summed E-state index contributed by atoms with van der Waals surface area (Å²) in [5.41, 5.74) is 1.39. The lowest BCUT2D eigenvalue weighted by Gasteiger charge is -2.27. The van der Waals surface area contributed by atoms with E-state index in [2.05, 4.69) is 15.3 Å². The van der Waals surface area contributed by atoms with Crippen LogP contribution in [0.2, 0.25) is 0 Å². The molecule has 3 heterocycles. The highest BCUT2D eigenvalue weighted by Gasteiger charge is 2.54. The molecule has 1 N–H and O–H groups in total. The second-order valence-electron chi connectivity index (χ2n) is 9.18. The van der Waals surface area contributed by atoms with E-state index in [9.17, 15) is 14.0 Å². The molecule has 4 aromatic rings. The number of halogens is 1. The summed E-state index contributed by atoms with van der Waals surface area (Å²) in [5.74, 6) is -0.298. The zero-order valence-corrected chi connectivity index (χ0v) is 19.9. The molecule has 35 heavy (non-hydrogen) atoms. The predicted octanol–water partition coefficient (Wildman–Crippen LogP) is 4.84. The molecule has 1 aliphatic heterocycles. The SMILES string of the molecule is Cc1nc(C(=O)N2C3CC3C[C@H]2CNC(=O)c2nccc3ccccc23)c(-c2cccc(F)c2)s1. The van der Waals surface area contributed by atoms with Crippen molar-refractivity contribution in [1.29, 1.82) is 0 Å². The number of benzene rings is 2. The fraction of sp³-hybridized carbons (Fsp3) is 0.259. The Balaban J connectivity index is 1.23. The number of likely N-dealkylation sites (tertiary alicyclic amines) is 1. The van der Waals surface area contributed by atoms with E-state index in [0.29, 0.717) is 34.3 Å². The summed E-state index contributed by atoms with van der Waals surface area (Å²) in [4.78, 5) is 38.1. The van der Waals surface area contributed by atoms with E-state index in [4.69, 9.17) is 0 Å². The molecule has 2 aromatic carbocycles. The number of nitrogens with one attached hydrogen (secondary N) is 1. The number of aromatic nitrogens is 2. The van der Waals surface area contributed by atoms with E-state index in [1.54, 1.807) is 18.3 Å². The summed E-state index contributed by atoms with van der Waals surface area (Å²) < 4.78 is 13.9. The van der Waals surface area contributed by atoms with Crippen molar-refractivity contribution in [2.75, 3.05) is 6.54 Å². The number of piperidine rings is 1. The van der Waals surface area contributed by atoms with Gasteiger partial charge in [0.05, 0.1) is 15.9 Å². The van der Waals surface area contributed by atoms with E-state index in [0.717, 1.165) is 28.6 Å². The quantitative estimate of drug-likeness (QED) is 0.438. The largest absolute Gasteiger partial charge is 0.349 e. The highest BCUT2D eigenvalue weighted by Crippen LogP contribution is 2.48. The summed E-state index contributed by atoms with van der Waals surface area (Å²) in [6, 6.07) is 15.8. The molecule has 1 saturated carbocycles. The number of nitrogens with zero attached hydrogens (tertiary/aromatic N) is 3. The maximum atomic E-state index is 13.9. The highest BCUT2D eigenvalue weighted by molar-refractivity contribution is 7.15. The van der Waals surface area contributed by atoms with E-state index >= 15 is 0 Å². The van der Waals surface area contributed by atoms with Gasteiger partial charge in [-0.1, -0.05) is 36.4 Å². The predicted molar refractivity (Wildman–Crippen MR) is 133 cm³/mol. The zero-order chi connectivity index (χ0) is 24.1. The Morgan fingerprint density at radius 3 is 2.83 bits per heavy atom. The van der Waals surface area contributed by atoms with Crippen LogP contribution in [0.1, 0.15) is 38.8 Å². The molecule has 1 saturated heterocycles. The van der Waals surface area contributed by atoms with Crippen LogP contribution in [0.25, 0.3) is 21.2 Å². The Hall–Kier alpha value is -3.65. The molecule has 0 radical (unpaired) electrons. The fourth-order valence-corrected chi connectivity index (χ4v) is 6.08. The van der Waals surface area contributed by atoms with Crippen molar-refractivity contribution in [2.24, 2.45) is 5.92 Å². The van der Waals surface area contributed by atoms with Gasteiger partial charge in [0.15, 0.2) is 0 Å². The maximum absolute atomic E-state index is 13.9. The minimum atomic E-state index is -0.349.